The zero-order valence-electron chi connectivity index (χ0n) is 17.8. The summed E-state index contributed by atoms with van der Waals surface area (Å²) in [6.07, 6.45) is 0.711. The molecule has 4 heteroatoms. The van der Waals surface area contributed by atoms with Crippen molar-refractivity contribution >= 4 is 39.0 Å². The summed E-state index contributed by atoms with van der Waals surface area (Å²) < 4.78 is 0. The number of ketones is 1. The number of benzene rings is 4. The predicted molar refractivity (Wildman–Crippen MR) is 127 cm³/mol. The maximum Gasteiger partial charge on any atom is 0.295 e. The lowest BCUT2D eigenvalue weighted by Crippen LogP contribution is -2.30. The van der Waals surface area contributed by atoms with E-state index in [2.05, 4.69) is 0 Å². The van der Waals surface area contributed by atoms with Crippen LogP contribution >= 0.6 is 0 Å². The number of amides is 1. The molecule has 0 bridgehead atoms. The van der Waals surface area contributed by atoms with Crippen LogP contribution in [0.25, 0.3) is 27.3 Å². The van der Waals surface area contributed by atoms with Crippen molar-refractivity contribution in [1.29, 1.82) is 0 Å². The maximum absolute atomic E-state index is 13.3. The first-order valence-electron chi connectivity index (χ1n) is 10.9. The van der Waals surface area contributed by atoms with E-state index in [1.54, 1.807) is 11.0 Å². The molecule has 0 saturated carbocycles. The van der Waals surface area contributed by atoms with Gasteiger partial charge in [0.05, 0.1) is 11.6 Å². The topological polar surface area (TPSA) is 57.6 Å². The highest BCUT2D eigenvalue weighted by molar-refractivity contribution is 6.46. The molecule has 1 atom stereocenters. The molecule has 0 aliphatic carbocycles. The van der Waals surface area contributed by atoms with E-state index in [-0.39, 0.29) is 11.3 Å². The first-order valence-corrected chi connectivity index (χ1v) is 10.9. The molecule has 1 N–H and O–H groups in total. The number of Topliss-reactive ketones (excluding diaryl/α,β-unsaturated/α-hetero) is 1. The fourth-order valence-corrected chi connectivity index (χ4v) is 4.74. The van der Waals surface area contributed by atoms with Gasteiger partial charge in [0.1, 0.15) is 5.76 Å². The zero-order valence-corrected chi connectivity index (χ0v) is 17.8. The maximum atomic E-state index is 13.3. The minimum absolute atomic E-state index is 0.128. The Bertz CT molecular complexity index is 1390. The lowest BCUT2D eigenvalue weighted by Gasteiger charge is -2.26. The first kappa shape index (κ1) is 20.0. The van der Waals surface area contributed by atoms with Gasteiger partial charge >= 0.3 is 0 Å². The van der Waals surface area contributed by atoms with Gasteiger partial charge in [0, 0.05) is 12.1 Å². The number of aliphatic hydroxyl groups excluding tert-OH is 1. The van der Waals surface area contributed by atoms with Gasteiger partial charge in [0.15, 0.2) is 0 Å². The van der Waals surface area contributed by atoms with Gasteiger partial charge in [-0.2, -0.15) is 0 Å². The van der Waals surface area contributed by atoms with Crippen molar-refractivity contribution in [3.63, 3.8) is 0 Å². The van der Waals surface area contributed by atoms with Crippen LogP contribution in [0.2, 0.25) is 0 Å². The molecule has 0 aromatic heterocycles. The molecule has 1 unspecified atom stereocenters. The monoisotopic (exact) mass is 421 g/mol. The van der Waals surface area contributed by atoms with Crippen LogP contribution in [0.15, 0.2) is 90.5 Å². The number of carbonyl (C=O) groups is 2. The van der Waals surface area contributed by atoms with Crippen molar-refractivity contribution in [3.8, 4) is 0 Å². The van der Waals surface area contributed by atoms with E-state index < -0.39 is 17.7 Å². The molecule has 0 radical (unpaired) electrons. The van der Waals surface area contributed by atoms with Gasteiger partial charge < -0.3 is 10.0 Å². The molecule has 1 saturated heterocycles. The van der Waals surface area contributed by atoms with E-state index in [1.807, 2.05) is 85.8 Å². The Kier molecular flexibility index (Phi) is 4.98. The molecule has 4 aromatic carbocycles. The Morgan fingerprint density at radius 3 is 2.12 bits per heavy atom. The average molecular weight is 421 g/mol. The highest BCUT2D eigenvalue weighted by atomic mass is 16.3. The van der Waals surface area contributed by atoms with Crippen molar-refractivity contribution < 1.29 is 14.7 Å². The molecular weight excluding hydrogens is 398 g/mol. The third-order valence-electron chi connectivity index (χ3n) is 6.17. The van der Waals surface area contributed by atoms with Crippen LogP contribution in [-0.4, -0.2) is 28.2 Å². The Hall–Kier alpha value is -3.92. The molecule has 5 rings (SSSR count). The molecule has 1 aliphatic heterocycles. The number of fused-ring (bicyclic) bond motifs is 2. The van der Waals surface area contributed by atoms with Gasteiger partial charge in [-0.15, -0.1) is 0 Å². The molecule has 1 heterocycles. The van der Waals surface area contributed by atoms with Crippen LogP contribution in [0.1, 0.15) is 30.5 Å². The largest absolute Gasteiger partial charge is 0.507 e. The fraction of sp³-hybridized carbons (Fsp3) is 0.143. The third-order valence-corrected chi connectivity index (χ3v) is 6.17. The number of aliphatic hydroxyl groups is 1. The molecule has 32 heavy (non-hydrogen) atoms. The summed E-state index contributed by atoms with van der Waals surface area (Å²) in [5.41, 5.74) is 1.55. The predicted octanol–water partition coefficient (Wildman–Crippen LogP) is 5.82. The molecule has 1 aliphatic rings. The Labute approximate surface area is 186 Å². The SMILES string of the molecule is CCCN1C(=O)C(=O)/C(=C(/O)c2cccc3ccccc23)C1c1cccc2ccccc12. The van der Waals surface area contributed by atoms with Crippen molar-refractivity contribution in [3.05, 3.63) is 102 Å². The lowest BCUT2D eigenvalue weighted by molar-refractivity contribution is -0.139. The summed E-state index contributed by atoms with van der Waals surface area (Å²) in [6, 6.07) is 26.5. The highest BCUT2D eigenvalue weighted by Crippen LogP contribution is 2.42. The smallest absolute Gasteiger partial charge is 0.295 e. The number of rotatable bonds is 4. The van der Waals surface area contributed by atoms with E-state index >= 15 is 0 Å². The Morgan fingerprint density at radius 1 is 0.812 bits per heavy atom. The summed E-state index contributed by atoms with van der Waals surface area (Å²) in [5.74, 6) is -1.33. The van der Waals surface area contributed by atoms with Gasteiger partial charge in [0.25, 0.3) is 11.7 Å². The lowest BCUT2D eigenvalue weighted by atomic mass is 9.90. The number of likely N-dealkylation sites (tertiary alicyclic amines) is 1. The van der Waals surface area contributed by atoms with Crippen LogP contribution in [0, 0.1) is 0 Å². The minimum atomic E-state index is -0.639. The summed E-state index contributed by atoms with van der Waals surface area (Å²) in [4.78, 5) is 27.9. The van der Waals surface area contributed by atoms with Crippen LogP contribution in [0.4, 0.5) is 0 Å². The van der Waals surface area contributed by atoms with Crippen LogP contribution in [0.3, 0.4) is 0 Å². The van der Waals surface area contributed by atoms with E-state index in [0.29, 0.717) is 18.5 Å². The van der Waals surface area contributed by atoms with Crippen LogP contribution < -0.4 is 0 Å². The van der Waals surface area contributed by atoms with Gasteiger partial charge in [-0.05, 0) is 33.5 Å². The van der Waals surface area contributed by atoms with Crippen LogP contribution in [-0.2, 0) is 9.59 Å². The second-order valence-electron chi connectivity index (χ2n) is 8.09. The number of hydrogen-bond acceptors (Lipinski definition) is 3. The standard InChI is InChI=1S/C28H23NO3/c1-2-17-29-25(22-15-7-11-18-9-3-5-13-20(18)22)24(27(31)28(29)32)26(30)23-16-8-12-19-10-4-6-14-21(19)23/h3-16,25,30H,2,17H2,1H3/b26-24+. The molecule has 1 fully saturated rings. The summed E-state index contributed by atoms with van der Waals surface area (Å²) in [7, 11) is 0. The fourth-order valence-electron chi connectivity index (χ4n) is 4.74. The summed E-state index contributed by atoms with van der Waals surface area (Å²) >= 11 is 0. The molecule has 0 spiro atoms. The van der Waals surface area contributed by atoms with Crippen molar-refractivity contribution in [2.45, 2.75) is 19.4 Å². The molecule has 158 valence electrons. The van der Waals surface area contributed by atoms with E-state index in [0.717, 1.165) is 27.1 Å². The highest BCUT2D eigenvalue weighted by Gasteiger charge is 2.46. The average Bonchev–Trinajstić information content (AvgIpc) is 3.08. The number of hydrogen-bond donors (Lipinski definition) is 1. The molecular formula is C28H23NO3. The molecule has 4 nitrogen and oxygen atoms in total. The Morgan fingerprint density at radius 2 is 1.41 bits per heavy atom. The normalized spacial score (nSPS) is 18.0. The van der Waals surface area contributed by atoms with Gasteiger partial charge in [-0.3, -0.25) is 9.59 Å². The van der Waals surface area contributed by atoms with E-state index in [9.17, 15) is 14.7 Å². The van der Waals surface area contributed by atoms with E-state index in [1.165, 1.54) is 0 Å². The second-order valence-corrected chi connectivity index (χ2v) is 8.09. The second kappa shape index (κ2) is 7.97. The van der Waals surface area contributed by atoms with Crippen molar-refractivity contribution in [2.24, 2.45) is 0 Å². The van der Waals surface area contributed by atoms with Crippen molar-refractivity contribution in [2.75, 3.05) is 6.54 Å². The van der Waals surface area contributed by atoms with E-state index in [4.69, 9.17) is 0 Å². The Balaban J connectivity index is 1.80. The summed E-state index contributed by atoms with van der Waals surface area (Å²) in [5, 5.41) is 15.3. The zero-order chi connectivity index (χ0) is 22.2. The van der Waals surface area contributed by atoms with Crippen molar-refractivity contribution in [1.82, 2.24) is 4.90 Å². The van der Waals surface area contributed by atoms with Crippen LogP contribution in [0.5, 0.6) is 0 Å². The minimum Gasteiger partial charge on any atom is -0.507 e. The first-order chi connectivity index (χ1) is 15.6. The van der Waals surface area contributed by atoms with Gasteiger partial charge in [-0.1, -0.05) is 91.9 Å². The molecule has 1 amide bonds. The quantitative estimate of drug-likeness (QED) is 0.256. The third kappa shape index (κ3) is 3.07. The number of nitrogens with zero attached hydrogens (tertiary/aromatic N) is 1. The summed E-state index contributed by atoms with van der Waals surface area (Å²) in [6.45, 7) is 2.41. The van der Waals surface area contributed by atoms with Gasteiger partial charge in [0.2, 0.25) is 0 Å². The molecule has 4 aromatic rings. The number of carbonyl (C=O) groups excluding carboxylic acids is 2. The van der Waals surface area contributed by atoms with Gasteiger partial charge in [-0.25, -0.2) is 0 Å².